The zero-order valence-corrected chi connectivity index (χ0v) is 21.8. The number of amides is 2. The molecule has 0 aliphatic rings. The summed E-state index contributed by atoms with van der Waals surface area (Å²) in [6.45, 7) is 7.08. The summed E-state index contributed by atoms with van der Waals surface area (Å²) in [6, 6.07) is 23.9. The number of fused-ring (bicyclic) bond motifs is 1. The van der Waals surface area contributed by atoms with Crippen LogP contribution in [0.1, 0.15) is 44.6 Å². The lowest BCUT2D eigenvalue weighted by atomic mass is 10.1. The maximum Gasteiger partial charge on any atom is 0.318 e. The number of benzene rings is 3. The van der Waals surface area contributed by atoms with Gasteiger partial charge in [-0.1, -0.05) is 75.4 Å². The van der Waals surface area contributed by atoms with E-state index in [4.69, 9.17) is 9.72 Å². The molecule has 0 aliphatic heterocycles. The summed E-state index contributed by atoms with van der Waals surface area (Å²) in [5.74, 6) is 1.27. The molecule has 192 valence electrons. The Hall–Kier alpha value is -4.13. The smallest absolute Gasteiger partial charge is 0.318 e. The van der Waals surface area contributed by atoms with Crippen LogP contribution in [0.4, 0.5) is 4.79 Å². The fourth-order valence-corrected chi connectivity index (χ4v) is 4.58. The molecule has 0 saturated carbocycles. The number of nitrogens with zero attached hydrogens (tertiary/aromatic N) is 3. The van der Waals surface area contributed by atoms with Crippen LogP contribution in [0.2, 0.25) is 0 Å². The molecule has 1 N–H and O–H groups in total. The van der Waals surface area contributed by atoms with Crippen LogP contribution in [0.25, 0.3) is 16.6 Å². The summed E-state index contributed by atoms with van der Waals surface area (Å²) in [6.07, 6.45) is 0.575. The number of carbonyl (C=O) groups excluding carboxylic acids is 1. The molecule has 37 heavy (non-hydrogen) atoms. The Morgan fingerprint density at radius 1 is 1.00 bits per heavy atom. The highest BCUT2D eigenvalue weighted by Crippen LogP contribution is 2.30. The van der Waals surface area contributed by atoms with E-state index in [0.717, 1.165) is 5.56 Å². The number of nitrogens with one attached hydrogen (secondary N) is 1. The third-order valence-electron chi connectivity index (χ3n) is 6.30. The number of para-hydroxylation sites is 3. The van der Waals surface area contributed by atoms with Gasteiger partial charge in [0, 0.05) is 13.1 Å². The fraction of sp³-hybridized carbons (Fsp3) is 0.300. The summed E-state index contributed by atoms with van der Waals surface area (Å²) < 4.78 is 7.22. The third kappa shape index (κ3) is 5.66. The first-order valence-corrected chi connectivity index (χ1v) is 12.7. The van der Waals surface area contributed by atoms with E-state index in [0.29, 0.717) is 47.7 Å². The predicted molar refractivity (Wildman–Crippen MR) is 147 cm³/mol. The molecule has 1 unspecified atom stereocenters. The van der Waals surface area contributed by atoms with E-state index in [1.807, 2.05) is 79.7 Å². The number of ether oxygens (including phenoxy) is 1. The van der Waals surface area contributed by atoms with Gasteiger partial charge in [0.1, 0.15) is 11.6 Å². The number of hydrogen-bond donors (Lipinski definition) is 1. The predicted octanol–water partition coefficient (Wildman–Crippen LogP) is 5.71. The van der Waals surface area contributed by atoms with Gasteiger partial charge < -0.3 is 15.0 Å². The van der Waals surface area contributed by atoms with Crippen LogP contribution in [-0.4, -0.2) is 34.1 Å². The van der Waals surface area contributed by atoms with E-state index in [1.165, 1.54) is 0 Å². The average molecular weight is 499 g/mol. The molecule has 2 amide bonds. The lowest BCUT2D eigenvalue weighted by Gasteiger charge is -2.33. The average Bonchev–Trinajstić information content (AvgIpc) is 2.92. The van der Waals surface area contributed by atoms with E-state index in [-0.39, 0.29) is 17.5 Å². The summed E-state index contributed by atoms with van der Waals surface area (Å²) in [7, 11) is 1.58. The van der Waals surface area contributed by atoms with Gasteiger partial charge in [-0.05, 0) is 42.2 Å². The minimum Gasteiger partial charge on any atom is -0.495 e. The maximum atomic E-state index is 13.9. The molecule has 0 bridgehead atoms. The summed E-state index contributed by atoms with van der Waals surface area (Å²) in [5, 5.41) is 3.58. The van der Waals surface area contributed by atoms with Gasteiger partial charge in [0.05, 0.1) is 29.7 Å². The molecule has 0 radical (unpaired) electrons. The lowest BCUT2D eigenvalue weighted by Crippen LogP contribution is -2.45. The van der Waals surface area contributed by atoms with E-state index in [2.05, 4.69) is 19.2 Å². The quantitative estimate of drug-likeness (QED) is 0.321. The molecule has 4 aromatic rings. The van der Waals surface area contributed by atoms with Crippen molar-refractivity contribution in [3.63, 3.8) is 0 Å². The van der Waals surface area contributed by atoms with Gasteiger partial charge in [0.25, 0.3) is 5.56 Å². The largest absolute Gasteiger partial charge is 0.495 e. The molecule has 7 heteroatoms. The standard InChI is InChI=1S/C30H34N4O3/c1-5-25(33(20-21(2)3)30(36)31-19-22-13-7-6-8-14-22)28-32-24-16-10-9-15-23(24)29(35)34(28)26-17-11-12-18-27(26)37-4/h6-18,21,25H,5,19-20H2,1-4H3,(H,31,36). The van der Waals surface area contributed by atoms with E-state index >= 15 is 0 Å². The van der Waals surface area contributed by atoms with Crippen molar-refractivity contribution in [2.24, 2.45) is 5.92 Å². The summed E-state index contributed by atoms with van der Waals surface area (Å²) >= 11 is 0. The van der Waals surface area contributed by atoms with Crippen LogP contribution < -0.4 is 15.6 Å². The van der Waals surface area contributed by atoms with Gasteiger partial charge in [-0.2, -0.15) is 0 Å². The maximum absolute atomic E-state index is 13.9. The number of aromatic nitrogens is 2. The van der Waals surface area contributed by atoms with Gasteiger partial charge in [0.2, 0.25) is 0 Å². The minimum absolute atomic E-state index is 0.196. The van der Waals surface area contributed by atoms with Gasteiger partial charge >= 0.3 is 6.03 Å². The van der Waals surface area contributed by atoms with Crippen LogP contribution in [-0.2, 0) is 6.54 Å². The number of rotatable bonds is 9. The molecule has 3 aromatic carbocycles. The number of hydrogen-bond acceptors (Lipinski definition) is 4. The molecular formula is C30H34N4O3. The fourth-order valence-electron chi connectivity index (χ4n) is 4.58. The SMILES string of the molecule is CCC(c1nc2ccccc2c(=O)n1-c1ccccc1OC)N(CC(C)C)C(=O)NCc1ccccc1. The molecule has 0 spiro atoms. The van der Waals surface area contributed by atoms with Crippen LogP contribution in [0.3, 0.4) is 0 Å². The van der Waals surface area contributed by atoms with E-state index in [1.54, 1.807) is 22.6 Å². The summed E-state index contributed by atoms with van der Waals surface area (Å²) in [4.78, 5) is 34.3. The van der Waals surface area contributed by atoms with Crippen LogP contribution >= 0.6 is 0 Å². The van der Waals surface area contributed by atoms with Crippen molar-refractivity contribution in [3.8, 4) is 11.4 Å². The molecule has 7 nitrogen and oxygen atoms in total. The third-order valence-corrected chi connectivity index (χ3v) is 6.30. The molecule has 1 aromatic heterocycles. The molecule has 1 atom stereocenters. The monoisotopic (exact) mass is 498 g/mol. The van der Waals surface area contributed by atoms with Crippen molar-refractivity contribution in [3.05, 3.63) is 101 Å². The normalized spacial score (nSPS) is 11.9. The van der Waals surface area contributed by atoms with Gasteiger partial charge in [-0.15, -0.1) is 0 Å². The Morgan fingerprint density at radius 3 is 2.38 bits per heavy atom. The van der Waals surface area contributed by atoms with Gasteiger partial charge in [0.15, 0.2) is 0 Å². The Bertz CT molecular complexity index is 1420. The van der Waals surface area contributed by atoms with Gasteiger partial charge in [-0.3, -0.25) is 9.36 Å². The molecular weight excluding hydrogens is 464 g/mol. The van der Waals surface area contributed by atoms with Crippen molar-refractivity contribution in [1.82, 2.24) is 19.8 Å². The molecule has 1 heterocycles. The highest BCUT2D eigenvalue weighted by molar-refractivity contribution is 5.78. The molecule has 0 saturated heterocycles. The highest BCUT2D eigenvalue weighted by Gasteiger charge is 2.30. The molecule has 4 rings (SSSR count). The Balaban J connectivity index is 1.85. The van der Waals surface area contributed by atoms with Crippen molar-refractivity contribution in [2.75, 3.05) is 13.7 Å². The van der Waals surface area contributed by atoms with Gasteiger partial charge in [-0.25, -0.2) is 9.78 Å². The highest BCUT2D eigenvalue weighted by atomic mass is 16.5. The Morgan fingerprint density at radius 2 is 1.68 bits per heavy atom. The number of methoxy groups -OCH3 is 1. The second-order valence-corrected chi connectivity index (χ2v) is 9.41. The molecule has 0 fully saturated rings. The second kappa shape index (κ2) is 11.7. The van der Waals surface area contributed by atoms with E-state index in [9.17, 15) is 9.59 Å². The van der Waals surface area contributed by atoms with Crippen molar-refractivity contribution < 1.29 is 9.53 Å². The van der Waals surface area contributed by atoms with Crippen LogP contribution in [0.5, 0.6) is 5.75 Å². The first-order chi connectivity index (χ1) is 17.9. The number of urea groups is 1. The Kier molecular flexibility index (Phi) is 8.23. The Labute approximate surface area is 217 Å². The van der Waals surface area contributed by atoms with Crippen molar-refractivity contribution in [1.29, 1.82) is 0 Å². The van der Waals surface area contributed by atoms with Crippen molar-refractivity contribution in [2.45, 2.75) is 39.8 Å². The minimum atomic E-state index is -0.444. The van der Waals surface area contributed by atoms with Crippen LogP contribution in [0, 0.1) is 5.92 Å². The first kappa shape index (κ1) is 25.9. The topological polar surface area (TPSA) is 76.5 Å². The lowest BCUT2D eigenvalue weighted by molar-refractivity contribution is 0.158. The van der Waals surface area contributed by atoms with Crippen LogP contribution in [0.15, 0.2) is 83.7 Å². The summed E-state index contributed by atoms with van der Waals surface area (Å²) in [5.41, 5.74) is 2.01. The zero-order chi connectivity index (χ0) is 26.4. The molecule has 0 aliphatic carbocycles. The van der Waals surface area contributed by atoms with Crippen molar-refractivity contribution >= 4 is 16.9 Å². The zero-order valence-electron chi connectivity index (χ0n) is 21.8. The first-order valence-electron chi connectivity index (χ1n) is 12.7. The number of carbonyl (C=O) groups is 1. The van der Waals surface area contributed by atoms with E-state index < -0.39 is 6.04 Å². The second-order valence-electron chi connectivity index (χ2n) is 9.41.